The third-order valence-electron chi connectivity index (χ3n) is 5.56. The Labute approximate surface area is 233 Å². The number of amides is 1. The van der Waals surface area contributed by atoms with Gasteiger partial charge in [-0.25, -0.2) is 4.79 Å². The highest BCUT2D eigenvalue weighted by Crippen LogP contribution is 2.41. The number of β-lactam (4-membered cyclic amide) rings is 1. The zero-order valence-corrected chi connectivity index (χ0v) is 23.1. The quantitative estimate of drug-likeness (QED) is 0.0642. The number of carbonyl (C=O) groups is 3. The van der Waals surface area contributed by atoms with Crippen molar-refractivity contribution in [3.8, 4) is 11.5 Å². The van der Waals surface area contributed by atoms with Crippen LogP contribution in [0, 0.1) is 21.4 Å². The number of esters is 1. The van der Waals surface area contributed by atoms with Gasteiger partial charge in [-0.1, -0.05) is 38.4 Å². The summed E-state index contributed by atoms with van der Waals surface area (Å²) in [6.45, 7) is 6.02. The molecule has 3 atom stereocenters. The van der Waals surface area contributed by atoms with Crippen LogP contribution in [0.5, 0.6) is 11.5 Å². The maximum absolute atomic E-state index is 13.5. The number of rotatable bonds is 9. The van der Waals surface area contributed by atoms with Crippen molar-refractivity contribution in [3.63, 3.8) is 0 Å². The number of likely N-dealkylation sites (tertiary alicyclic amines) is 1. The molecule has 13 heteroatoms. The molecule has 1 aliphatic heterocycles. The van der Waals surface area contributed by atoms with E-state index in [9.17, 15) is 34.7 Å². The second kappa shape index (κ2) is 12.1. The highest BCUT2D eigenvalue weighted by molar-refractivity contribution is 8.16. The molecule has 1 aliphatic rings. The lowest BCUT2D eigenvalue weighted by molar-refractivity contribution is -0.384. The first-order valence-corrected chi connectivity index (χ1v) is 12.9. The zero-order chi connectivity index (χ0) is 29.1. The number of phenols is 1. The van der Waals surface area contributed by atoms with Gasteiger partial charge in [0.25, 0.3) is 5.69 Å². The maximum Gasteiger partial charge on any atom is 0.359 e. The summed E-state index contributed by atoms with van der Waals surface area (Å²) in [4.78, 5) is 50.7. The number of non-ortho nitro benzene ring substituents is 1. The number of phenolic OH excluding ortho intramolecular Hbond substituents is 1. The number of hydrogen-bond acceptors (Lipinski definition) is 10. The van der Waals surface area contributed by atoms with Crippen molar-refractivity contribution in [1.29, 1.82) is 0 Å². The summed E-state index contributed by atoms with van der Waals surface area (Å²) in [6.07, 6.45) is -1.12. The molecule has 11 nitrogen and oxygen atoms in total. The summed E-state index contributed by atoms with van der Waals surface area (Å²) < 4.78 is 11.3. The van der Waals surface area contributed by atoms with Gasteiger partial charge in [-0.15, -0.1) is 0 Å². The molecule has 208 valence electrons. The van der Waals surface area contributed by atoms with E-state index in [0.717, 1.165) is 4.90 Å². The number of aromatic hydroxyl groups is 1. The van der Waals surface area contributed by atoms with Gasteiger partial charge < -0.3 is 19.7 Å². The van der Waals surface area contributed by atoms with Crippen LogP contribution < -0.4 is 4.74 Å². The Balaban J connectivity index is 2.05. The van der Waals surface area contributed by atoms with Gasteiger partial charge in [0.1, 0.15) is 23.6 Å². The number of halogens is 1. The van der Waals surface area contributed by atoms with Crippen molar-refractivity contribution >= 4 is 46.0 Å². The first kappa shape index (κ1) is 29.9. The molecule has 3 rings (SSSR count). The number of carbonyl (C=O) groups excluding carboxylic acids is 3. The third kappa shape index (κ3) is 7.08. The minimum absolute atomic E-state index is 0.0612. The summed E-state index contributed by atoms with van der Waals surface area (Å²) in [5.74, 6) is -2.86. The van der Waals surface area contributed by atoms with Crippen molar-refractivity contribution in [2.24, 2.45) is 11.3 Å². The van der Waals surface area contributed by atoms with Crippen LogP contribution in [0.25, 0.3) is 0 Å². The van der Waals surface area contributed by atoms with Gasteiger partial charge in [0.05, 0.1) is 16.9 Å². The van der Waals surface area contributed by atoms with E-state index in [2.05, 4.69) is 0 Å². The van der Waals surface area contributed by atoms with Gasteiger partial charge in [-0.3, -0.25) is 24.6 Å². The number of ether oxygens (including phenoxy) is 2. The fraction of sp³-hybridized carbons (Fsp3) is 0.346. The molecule has 1 heterocycles. The first-order valence-electron chi connectivity index (χ1n) is 11.7. The van der Waals surface area contributed by atoms with Crippen LogP contribution in [0.2, 0.25) is 0 Å². The molecule has 0 radical (unpaired) electrons. The molecule has 0 aliphatic carbocycles. The Hall–Kier alpha value is -3.61. The molecule has 0 saturated carbocycles. The number of aliphatic hydroxyl groups is 1. The van der Waals surface area contributed by atoms with E-state index in [1.807, 2.05) is 0 Å². The molecule has 2 N–H and O–H groups in total. The molecule has 1 amide bonds. The SMILES string of the molecule is C[C@@H](O)[C@H]1C(=O)N(C(C(=O)OCc2ccc([N+](=O)[O-])cc2)=C(Oc2cccc(O)c2)SC(=O)C(C)(C)C)[C@H]1Cl. The second-order valence-electron chi connectivity index (χ2n) is 9.72. The smallest absolute Gasteiger partial charge is 0.359 e. The van der Waals surface area contributed by atoms with Gasteiger partial charge in [0.15, 0.2) is 10.8 Å². The number of nitro benzene ring substituents is 1. The number of nitrogens with zero attached hydrogens (tertiary/aromatic N) is 2. The van der Waals surface area contributed by atoms with Crippen LogP contribution in [0.3, 0.4) is 0 Å². The lowest BCUT2D eigenvalue weighted by Crippen LogP contribution is -2.62. The summed E-state index contributed by atoms with van der Waals surface area (Å²) >= 11 is 6.98. The van der Waals surface area contributed by atoms with Crippen molar-refractivity contribution in [2.45, 2.75) is 45.9 Å². The largest absolute Gasteiger partial charge is 0.508 e. The minimum atomic E-state index is -1.16. The van der Waals surface area contributed by atoms with Crippen molar-refractivity contribution in [2.75, 3.05) is 0 Å². The number of thioether (sulfide) groups is 1. The van der Waals surface area contributed by atoms with Crippen LogP contribution in [-0.4, -0.2) is 48.6 Å². The topological polar surface area (TPSA) is 157 Å². The van der Waals surface area contributed by atoms with E-state index < -0.39 is 50.5 Å². The highest BCUT2D eigenvalue weighted by Gasteiger charge is 2.53. The molecule has 0 spiro atoms. The zero-order valence-electron chi connectivity index (χ0n) is 21.5. The summed E-state index contributed by atoms with van der Waals surface area (Å²) in [7, 11) is 0. The van der Waals surface area contributed by atoms with E-state index in [1.165, 1.54) is 55.5 Å². The Kier molecular flexibility index (Phi) is 9.26. The van der Waals surface area contributed by atoms with Gasteiger partial charge >= 0.3 is 5.97 Å². The Morgan fingerprint density at radius 3 is 2.36 bits per heavy atom. The Morgan fingerprint density at radius 1 is 1.21 bits per heavy atom. The molecule has 2 aromatic carbocycles. The highest BCUT2D eigenvalue weighted by atomic mass is 35.5. The number of alkyl halides is 1. The van der Waals surface area contributed by atoms with Crippen LogP contribution in [0.15, 0.2) is 59.3 Å². The second-order valence-corrected chi connectivity index (χ2v) is 11.1. The molecular weight excluding hydrogens is 552 g/mol. The molecule has 1 fully saturated rings. The predicted octanol–water partition coefficient (Wildman–Crippen LogP) is 4.30. The van der Waals surface area contributed by atoms with E-state index >= 15 is 0 Å². The van der Waals surface area contributed by atoms with E-state index in [0.29, 0.717) is 17.3 Å². The Bertz CT molecular complexity index is 1310. The third-order valence-corrected chi connectivity index (χ3v) is 7.28. The Morgan fingerprint density at radius 2 is 1.85 bits per heavy atom. The van der Waals surface area contributed by atoms with Crippen molar-refractivity contribution < 1.29 is 39.0 Å². The predicted molar refractivity (Wildman–Crippen MR) is 142 cm³/mol. The number of aliphatic hydroxyl groups excluding tert-OH is 1. The maximum atomic E-state index is 13.5. The molecular formula is C26H27ClN2O9S. The van der Waals surface area contributed by atoms with E-state index in [4.69, 9.17) is 21.1 Å². The molecule has 0 bridgehead atoms. The number of hydrogen-bond donors (Lipinski definition) is 2. The van der Waals surface area contributed by atoms with Gasteiger partial charge in [0.2, 0.25) is 11.0 Å². The molecule has 0 unspecified atom stereocenters. The monoisotopic (exact) mass is 578 g/mol. The van der Waals surface area contributed by atoms with Gasteiger partial charge in [-0.05, 0) is 48.5 Å². The van der Waals surface area contributed by atoms with Gasteiger partial charge in [0, 0.05) is 23.6 Å². The lowest BCUT2D eigenvalue weighted by Gasteiger charge is -2.45. The fourth-order valence-electron chi connectivity index (χ4n) is 3.37. The van der Waals surface area contributed by atoms with E-state index in [1.54, 1.807) is 20.8 Å². The number of benzene rings is 2. The van der Waals surface area contributed by atoms with Crippen LogP contribution in [0.4, 0.5) is 5.69 Å². The van der Waals surface area contributed by atoms with E-state index in [-0.39, 0.29) is 28.9 Å². The van der Waals surface area contributed by atoms with Crippen LogP contribution in [-0.2, 0) is 25.7 Å². The summed E-state index contributed by atoms with van der Waals surface area (Å²) in [6, 6.07) is 10.9. The first-order chi connectivity index (χ1) is 18.2. The average Bonchev–Trinajstić information content (AvgIpc) is 2.84. The van der Waals surface area contributed by atoms with Crippen LogP contribution in [0.1, 0.15) is 33.3 Å². The minimum Gasteiger partial charge on any atom is -0.508 e. The molecule has 2 aromatic rings. The summed E-state index contributed by atoms with van der Waals surface area (Å²) in [5, 5.41) is 30.0. The normalized spacial score (nSPS) is 18.5. The standard InChI is InChI=1S/C26H27ClN2O9S/c1-14(30)19-21(27)28(22(19)32)20(23(33)37-13-15-8-10-16(11-9-15)29(35)36)24(39-25(34)26(2,3)4)38-18-7-5-6-17(31)12-18/h5-12,14,19,21,30-31H,13H2,1-4H3/t14-,19-,21-/m1/s1. The van der Waals surface area contributed by atoms with Gasteiger partial charge in [-0.2, -0.15) is 0 Å². The lowest BCUT2D eigenvalue weighted by atomic mass is 9.92. The summed E-state index contributed by atoms with van der Waals surface area (Å²) in [5.41, 5.74) is -2.24. The van der Waals surface area contributed by atoms with Crippen molar-refractivity contribution in [3.05, 3.63) is 75.0 Å². The van der Waals surface area contributed by atoms with Crippen LogP contribution >= 0.6 is 23.4 Å². The fourth-order valence-corrected chi connectivity index (χ4v) is 4.77. The average molecular weight is 579 g/mol. The molecule has 1 saturated heterocycles. The molecule has 39 heavy (non-hydrogen) atoms. The number of nitro groups is 1. The molecule has 0 aromatic heterocycles. The van der Waals surface area contributed by atoms with Crippen molar-refractivity contribution in [1.82, 2.24) is 4.90 Å².